The van der Waals surface area contributed by atoms with Crippen LogP contribution in [0.15, 0.2) is 34.2 Å². The standard InChI is InChI=1S/C15H17N3O2S2/c1-21-12-4-2-11(3-5-12)18-9-10(8-13(18)19)14(20)17-15-16-6-7-22-15/h2-5,10H,6-9H2,1H3,(H,16,17,20). The number of hydrogen-bond donors (Lipinski definition) is 1. The Morgan fingerprint density at radius 2 is 2.18 bits per heavy atom. The van der Waals surface area contributed by atoms with Crippen LogP contribution in [0.2, 0.25) is 0 Å². The summed E-state index contributed by atoms with van der Waals surface area (Å²) in [6.07, 6.45) is 2.27. The highest BCUT2D eigenvalue weighted by atomic mass is 32.2. The van der Waals surface area contributed by atoms with Crippen LogP contribution in [0.25, 0.3) is 0 Å². The molecule has 1 aromatic carbocycles. The normalized spacial score (nSPS) is 21.1. The maximum atomic E-state index is 12.2. The fraction of sp³-hybridized carbons (Fsp3) is 0.400. The van der Waals surface area contributed by atoms with Gasteiger partial charge in [-0.2, -0.15) is 0 Å². The number of rotatable bonds is 3. The van der Waals surface area contributed by atoms with Crippen molar-refractivity contribution in [2.45, 2.75) is 11.3 Å². The molecule has 2 aliphatic heterocycles. The Bertz CT molecular complexity index is 616. The summed E-state index contributed by atoms with van der Waals surface area (Å²) in [5, 5.41) is 3.50. The van der Waals surface area contributed by atoms with Crippen LogP contribution < -0.4 is 10.2 Å². The third-order valence-electron chi connectivity index (χ3n) is 3.70. The molecule has 0 bridgehead atoms. The van der Waals surface area contributed by atoms with E-state index in [-0.39, 0.29) is 24.2 Å². The van der Waals surface area contributed by atoms with E-state index in [2.05, 4.69) is 10.3 Å². The van der Waals surface area contributed by atoms with Crippen molar-refractivity contribution in [3.63, 3.8) is 0 Å². The molecule has 2 heterocycles. The van der Waals surface area contributed by atoms with E-state index in [1.54, 1.807) is 28.4 Å². The van der Waals surface area contributed by atoms with E-state index in [0.717, 1.165) is 22.9 Å². The second-order valence-electron chi connectivity index (χ2n) is 5.13. The lowest BCUT2D eigenvalue weighted by atomic mass is 10.1. The molecule has 0 radical (unpaired) electrons. The number of carbonyl (C=O) groups excluding carboxylic acids is 2. The summed E-state index contributed by atoms with van der Waals surface area (Å²) in [6.45, 7) is 1.18. The van der Waals surface area contributed by atoms with Crippen LogP contribution in [0.3, 0.4) is 0 Å². The molecule has 0 saturated carbocycles. The van der Waals surface area contributed by atoms with Crippen LogP contribution in [-0.2, 0) is 9.59 Å². The van der Waals surface area contributed by atoms with Gasteiger partial charge in [-0.1, -0.05) is 11.8 Å². The van der Waals surface area contributed by atoms with Gasteiger partial charge in [0.15, 0.2) is 5.17 Å². The first kappa shape index (κ1) is 15.4. The molecule has 7 heteroatoms. The zero-order chi connectivity index (χ0) is 15.5. The van der Waals surface area contributed by atoms with Gasteiger partial charge in [-0.05, 0) is 30.5 Å². The number of amides is 2. The summed E-state index contributed by atoms with van der Waals surface area (Å²) in [6, 6.07) is 7.84. The van der Waals surface area contributed by atoms with Crippen molar-refractivity contribution in [1.82, 2.24) is 5.32 Å². The molecule has 0 spiro atoms. The predicted octanol–water partition coefficient (Wildman–Crippen LogP) is 1.98. The maximum Gasteiger partial charge on any atom is 0.231 e. The molecular weight excluding hydrogens is 318 g/mol. The van der Waals surface area contributed by atoms with E-state index in [4.69, 9.17) is 0 Å². The van der Waals surface area contributed by atoms with E-state index in [1.807, 2.05) is 30.5 Å². The van der Waals surface area contributed by atoms with Crippen LogP contribution in [0, 0.1) is 5.92 Å². The number of aliphatic imine (C=N–C) groups is 1. The summed E-state index contributed by atoms with van der Waals surface area (Å²) in [5.74, 6) is 0.493. The van der Waals surface area contributed by atoms with E-state index in [0.29, 0.717) is 11.7 Å². The van der Waals surface area contributed by atoms with Crippen LogP contribution >= 0.6 is 23.5 Å². The highest BCUT2D eigenvalue weighted by molar-refractivity contribution is 8.14. The summed E-state index contributed by atoms with van der Waals surface area (Å²) >= 11 is 3.21. The third-order valence-corrected chi connectivity index (χ3v) is 5.33. The topological polar surface area (TPSA) is 61.8 Å². The number of nitrogens with one attached hydrogen (secondary N) is 1. The smallest absolute Gasteiger partial charge is 0.231 e. The number of hydrogen-bond acceptors (Lipinski definition) is 5. The van der Waals surface area contributed by atoms with Crippen molar-refractivity contribution in [1.29, 1.82) is 0 Å². The molecule has 1 fully saturated rings. The van der Waals surface area contributed by atoms with Gasteiger partial charge >= 0.3 is 0 Å². The van der Waals surface area contributed by atoms with E-state index in [1.165, 1.54) is 0 Å². The molecule has 2 aliphatic rings. The van der Waals surface area contributed by atoms with Crippen molar-refractivity contribution < 1.29 is 9.59 Å². The average Bonchev–Trinajstić information content (AvgIpc) is 3.17. The molecule has 1 unspecified atom stereocenters. The summed E-state index contributed by atoms with van der Waals surface area (Å²) < 4.78 is 0. The number of benzene rings is 1. The SMILES string of the molecule is CSc1ccc(N2CC(C(=O)NC3=NCCS3)CC2=O)cc1. The molecule has 1 aromatic rings. The van der Waals surface area contributed by atoms with Gasteiger partial charge < -0.3 is 10.2 Å². The second-order valence-corrected chi connectivity index (χ2v) is 7.09. The van der Waals surface area contributed by atoms with Gasteiger partial charge in [0.2, 0.25) is 11.8 Å². The lowest BCUT2D eigenvalue weighted by Crippen LogP contribution is -2.35. The Morgan fingerprint density at radius 3 is 2.82 bits per heavy atom. The fourth-order valence-corrected chi connectivity index (χ4v) is 3.65. The van der Waals surface area contributed by atoms with Crippen molar-refractivity contribution in [2.24, 2.45) is 10.9 Å². The molecule has 3 rings (SSSR count). The minimum atomic E-state index is -0.309. The number of carbonyl (C=O) groups is 2. The van der Waals surface area contributed by atoms with Gasteiger partial charge in [-0.25, -0.2) is 0 Å². The van der Waals surface area contributed by atoms with Crippen LogP contribution in [0.5, 0.6) is 0 Å². The lowest BCUT2D eigenvalue weighted by Gasteiger charge is -2.17. The molecule has 5 nitrogen and oxygen atoms in total. The van der Waals surface area contributed by atoms with Crippen LogP contribution in [0.4, 0.5) is 5.69 Å². The average molecular weight is 335 g/mol. The second kappa shape index (κ2) is 6.75. The number of thioether (sulfide) groups is 2. The Balaban J connectivity index is 1.65. The van der Waals surface area contributed by atoms with Gasteiger partial charge in [0.1, 0.15) is 0 Å². The Morgan fingerprint density at radius 1 is 1.41 bits per heavy atom. The Hall–Kier alpha value is -1.47. The zero-order valence-electron chi connectivity index (χ0n) is 12.2. The Kier molecular flexibility index (Phi) is 4.73. The van der Waals surface area contributed by atoms with Gasteiger partial charge in [-0.3, -0.25) is 14.6 Å². The minimum Gasteiger partial charge on any atom is -0.312 e. The predicted molar refractivity (Wildman–Crippen MR) is 91.6 cm³/mol. The van der Waals surface area contributed by atoms with Gasteiger partial charge in [0.05, 0.1) is 12.5 Å². The molecule has 1 saturated heterocycles. The molecular formula is C15H17N3O2S2. The minimum absolute atomic E-state index is 0.00179. The van der Waals surface area contributed by atoms with E-state index < -0.39 is 0 Å². The maximum absolute atomic E-state index is 12.2. The van der Waals surface area contributed by atoms with Crippen LogP contribution in [-0.4, -0.2) is 42.1 Å². The lowest BCUT2D eigenvalue weighted by molar-refractivity contribution is -0.125. The molecule has 1 atom stereocenters. The largest absolute Gasteiger partial charge is 0.312 e. The molecule has 22 heavy (non-hydrogen) atoms. The van der Waals surface area contributed by atoms with Crippen molar-refractivity contribution in [3.05, 3.63) is 24.3 Å². The molecule has 2 amide bonds. The first-order valence-corrected chi connectivity index (χ1v) is 9.31. The molecule has 0 aromatic heterocycles. The fourth-order valence-electron chi connectivity index (χ4n) is 2.51. The van der Waals surface area contributed by atoms with E-state index >= 15 is 0 Å². The molecule has 116 valence electrons. The van der Waals surface area contributed by atoms with Gasteiger partial charge in [0.25, 0.3) is 0 Å². The van der Waals surface area contributed by atoms with E-state index in [9.17, 15) is 9.59 Å². The molecule has 1 N–H and O–H groups in total. The number of anilines is 1. The van der Waals surface area contributed by atoms with Crippen molar-refractivity contribution in [3.8, 4) is 0 Å². The van der Waals surface area contributed by atoms with Crippen molar-refractivity contribution in [2.75, 3.05) is 30.0 Å². The highest BCUT2D eigenvalue weighted by Gasteiger charge is 2.35. The highest BCUT2D eigenvalue weighted by Crippen LogP contribution is 2.27. The Labute approximate surface area is 137 Å². The first-order valence-electron chi connectivity index (χ1n) is 7.10. The van der Waals surface area contributed by atoms with Gasteiger partial charge in [0, 0.05) is 29.3 Å². The van der Waals surface area contributed by atoms with Crippen molar-refractivity contribution >= 4 is 46.2 Å². The monoisotopic (exact) mass is 335 g/mol. The summed E-state index contributed by atoms with van der Waals surface area (Å²) in [7, 11) is 0. The zero-order valence-corrected chi connectivity index (χ0v) is 13.9. The number of amidine groups is 1. The quantitative estimate of drug-likeness (QED) is 0.858. The number of nitrogens with zero attached hydrogens (tertiary/aromatic N) is 2. The summed E-state index contributed by atoms with van der Waals surface area (Å²) in [4.78, 5) is 31.5. The summed E-state index contributed by atoms with van der Waals surface area (Å²) in [5.41, 5.74) is 0.852. The molecule has 0 aliphatic carbocycles. The first-order chi connectivity index (χ1) is 10.7. The third kappa shape index (κ3) is 3.30. The van der Waals surface area contributed by atoms with Gasteiger partial charge in [-0.15, -0.1) is 11.8 Å². The van der Waals surface area contributed by atoms with Crippen LogP contribution in [0.1, 0.15) is 6.42 Å².